The van der Waals surface area contributed by atoms with Crippen LogP contribution in [-0.4, -0.2) is 14.1 Å². The molecule has 0 saturated heterocycles. The lowest BCUT2D eigenvalue weighted by atomic mass is 10.3. The minimum atomic E-state index is 0.332. The number of hydrogen-bond acceptors (Lipinski definition) is 3. The Labute approximate surface area is 160 Å². The number of nitrogens with zero attached hydrogens (tertiary/aromatic N) is 7. The van der Waals surface area contributed by atoms with Crippen LogP contribution < -0.4 is 9.13 Å². The van der Waals surface area contributed by atoms with E-state index in [1.165, 1.54) is 12.8 Å². The van der Waals surface area contributed by atoms with E-state index < -0.39 is 0 Å². The molecule has 0 atom stereocenters. The van der Waals surface area contributed by atoms with Gasteiger partial charge in [0.2, 0.25) is 12.7 Å². The van der Waals surface area contributed by atoms with E-state index in [2.05, 4.69) is 45.8 Å². The molecule has 7 heteroatoms. The Morgan fingerprint density at radius 2 is 1.81 bits per heavy atom. The minimum Gasteiger partial charge on any atom is -0.257 e. The van der Waals surface area contributed by atoms with Gasteiger partial charge in [-0.2, -0.15) is 10.5 Å². The van der Waals surface area contributed by atoms with Crippen LogP contribution in [0, 0.1) is 22.7 Å². The largest absolute Gasteiger partial charge is 0.257 e. The molecule has 3 aromatic rings. The second-order valence-corrected chi connectivity index (χ2v) is 6.07. The second-order valence-electron chi connectivity index (χ2n) is 6.07. The van der Waals surface area contributed by atoms with E-state index in [1.807, 2.05) is 30.5 Å². The smallest absolute Gasteiger partial charge is 0.245 e. The quantitative estimate of drug-likeness (QED) is 0.601. The van der Waals surface area contributed by atoms with Crippen molar-refractivity contribution in [2.75, 3.05) is 0 Å². The molecule has 0 aliphatic rings. The van der Waals surface area contributed by atoms with Gasteiger partial charge in [-0.3, -0.25) is 4.98 Å². The lowest BCUT2D eigenvalue weighted by Gasteiger charge is -1.95. The van der Waals surface area contributed by atoms with E-state index in [4.69, 9.17) is 10.5 Å². The van der Waals surface area contributed by atoms with Crippen LogP contribution in [0.25, 0.3) is 0 Å². The van der Waals surface area contributed by atoms with Gasteiger partial charge in [0.1, 0.15) is 43.5 Å². The van der Waals surface area contributed by atoms with E-state index in [-0.39, 0.29) is 0 Å². The van der Waals surface area contributed by atoms with E-state index in [9.17, 15) is 0 Å². The summed E-state index contributed by atoms with van der Waals surface area (Å²) in [5, 5.41) is 16.6. The highest BCUT2D eigenvalue weighted by Gasteiger charge is 2.04. The van der Waals surface area contributed by atoms with Gasteiger partial charge < -0.3 is 0 Å². The maximum atomic E-state index is 8.31. The van der Waals surface area contributed by atoms with Gasteiger partial charge in [-0.1, -0.05) is 19.4 Å². The van der Waals surface area contributed by atoms with E-state index in [0.717, 1.165) is 18.8 Å². The highest BCUT2D eigenvalue weighted by molar-refractivity contribution is 5.01. The summed E-state index contributed by atoms with van der Waals surface area (Å²) in [6.07, 6.45) is 15.9. The lowest BCUT2D eigenvalue weighted by Crippen LogP contribution is -2.32. The van der Waals surface area contributed by atoms with Gasteiger partial charge in [0.15, 0.2) is 13.1 Å². The van der Waals surface area contributed by atoms with Gasteiger partial charge in [0, 0.05) is 6.20 Å². The molecule has 3 rings (SSSR count). The van der Waals surface area contributed by atoms with Crippen molar-refractivity contribution in [3.8, 4) is 12.1 Å². The summed E-state index contributed by atoms with van der Waals surface area (Å²) in [5.41, 5.74) is 1.10. The molecule has 0 aliphatic heterocycles. The molecular weight excluding hydrogens is 338 g/mol. The van der Waals surface area contributed by atoms with Crippen LogP contribution in [0.2, 0.25) is 0 Å². The van der Waals surface area contributed by atoms with Crippen LogP contribution >= 0.6 is 0 Å². The molecule has 0 aromatic carbocycles. The number of aryl methyl sites for hydroxylation is 1. The van der Waals surface area contributed by atoms with E-state index >= 15 is 0 Å². The zero-order valence-corrected chi connectivity index (χ0v) is 15.6. The van der Waals surface area contributed by atoms with Crippen LogP contribution in [0.3, 0.4) is 0 Å². The third-order valence-corrected chi connectivity index (χ3v) is 3.84. The maximum Gasteiger partial charge on any atom is 0.245 e. The predicted octanol–water partition coefficient (Wildman–Crippen LogP) is 1.84. The third kappa shape index (κ3) is 7.13. The highest BCUT2D eigenvalue weighted by atomic mass is 15.1. The van der Waals surface area contributed by atoms with Crippen LogP contribution in [-0.2, 0) is 26.2 Å². The number of nitriles is 2. The van der Waals surface area contributed by atoms with Crippen LogP contribution in [0.15, 0.2) is 61.8 Å². The molecule has 0 fully saturated rings. The summed E-state index contributed by atoms with van der Waals surface area (Å²) in [5.74, 6) is 0. The fraction of sp³-hybridized carbons (Fsp3) is 0.350. The molecule has 0 N–H and O–H groups in total. The third-order valence-electron chi connectivity index (χ3n) is 3.84. The predicted molar refractivity (Wildman–Crippen MR) is 98.7 cm³/mol. The van der Waals surface area contributed by atoms with E-state index in [0.29, 0.717) is 13.1 Å². The first-order chi connectivity index (χ1) is 13.2. The number of rotatable bonds is 7. The summed E-state index contributed by atoms with van der Waals surface area (Å²) in [7, 11) is 0. The topological polar surface area (TPSA) is 78.1 Å². The number of aromatic nitrogens is 5. The first-order valence-electron chi connectivity index (χ1n) is 8.98. The summed E-state index contributed by atoms with van der Waals surface area (Å²) < 4.78 is 7.83. The maximum absolute atomic E-state index is 8.31. The van der Waals surface area contributed by atoms with Crippen LogP contribution in [0.1, 0.15) is 25.5 Å². The van der Waals surface area contributed by atoms with Gasteiger partial charge in [0.05, 0.1) is 12.2 Å². The second kappa shape index (κ2) is 11.2. The molecule has 0 amide bonds. The average Bonchev–Trinajstić information content (AvgIpc) is 3.32. The van der Waals surface area contributed by atoms with Crippen LogP contribution in [0.4, 0.5) is 0 Å². The Morgan fingerprint density at radius 3 is 2.52 bits per heavy atom. The molecular formula is C20H25N7+2. The summed E-state index contributed by atoms with van der Waals surface area (Å²) in [4.78, 5) is 4.32. The van der Waals surface area contributed by atoms with Crippen molar-refractivity contribution in [1.29, 1.82) is 10.5 Å². The molecule has 3 aromatic heterocycles. The standard InChI is InChI=1S/C13H18N3.C7H7N4/c1-2-3-8-15-9-10-16(12-15)11-13-6-4-5-7-14-13;8-1-3-10-5-6-11(7-10)4-2-9/h4-7,9-10,12H,2-3,8,11H2,1H3;5-7H,3-4H2/q2*+1. The van der Waals surface area contributed by atoms with Gasteiger partial charge in [-0.25, -0.2) is 18.3 Å². The zero-order valence-electron chi connectivity index (χ0n) is 15.6. The fourth-order valence-corrected chi connectivity index (χ4v) is 2.47. The Morgan fingerprint density at radius 1 is 1.04 bits per heavy atom. The molecule has 3 heterocycles. The van der Waals surface area contributed by atoms with Gasteiger partial charge in [-0.15, -0.1) is 0 Å². The van der Waals surface area contributed by atoms with Gasteiger partial charge in [-0.05, 0) is 18.6 Å². The summed E-state index contributed by atoms with van der Waals surface area (Å²) in [6.45, 7) is 4.83. The van der Waals surface area contributed by atoms with Crippen molar-refractivity contribution < 1.29 is 9.13 Å². The first kappa shape index (κ1) is 19.9. The average molecular weight is 363 g/mol. The Hall–Kier alpha value is -3.45. The van der Waals surface area contributed by atoms with Crippen LogP contribution in [0.5, 0.6) is 0 Å². The normalized spacial score (nSPS) is 9.74. The van der Waals surface area contributed by atoms with Gasteiger partial charge in [0.25, 0.3) is 0 Å². The first-order valence-corrected chi connectivity index (χ1v) is 8.98. The van der Waals surface area contributed by atoms with E-state index in [1.54, 1.807) is 27.9 Å². The van der Waals surface area contributed by atoms with Crippen molar-refractivity contribution in [1.82, 2.24) is 14.1 Å². The van der Waals surface area contributed by atoms with Crippen molar-refractivity contribution in [3.05, 3.63) is 67.5 Å². The lowest BCUT2D eigenvalue weighted by molar-refractivity contribution is -0.688. The summed E-state index contributed by atoms with van der Waals surface area (Å²) >= 11 is 0. The number of hydrogen-bond donors (Lipinski definition) is 0. The Bertz CT molecular complexity index is 850. The Kier molecular flexibility index (Phi) is 8.26. The van der Waals surface area contributed by atoms with Crippen molar-refractivity contribution in [3.63, 3.8) is 0 Å². The monoisotopic (exact) mass is 363 g/mol. The molecule has 7 nitrogen and oxygen atoms in total. The molecule has 0 aliphatic carbocycles. The molecule has 0 radical (unpaired) electrons. The van der Waals surface area contributed by atoms with Crippen molar-refractivity contribution in [2.24, 2.45) is 0 Å². The molecule has 0 saturated carbocycles. The fourth-order valence-electron chi connectivity index (χ4n) is 2.47. The molecule has 0 unspecified atom stereocenters. The molecule has 0 spiro atoms. The molecule has 0 bridgehead atoms. The van der Waals surface area contributed by atoms with Gasteiger partial charge >= 0.3 is 0 Å². The number of imidazole rings is 2. The van der Waals surface area contributed by atoms with Crippen molar-refractivity contribution in [2.45, 2.75) is 45.9 Å². The Balaban J connectivity index is 0.000000208. The minimum absolute atomic E-state index is 0.332. The molecule has 27 heavy (non-hydrogen) atoms. The SMILES string of the molecule is CCCCn1cc[n+](Cc2ccccn2)c1.N#CCn1cc[n+](CC#N)c1. The van der Waals surface area contributed by atoms with Crippen molar-refractivity contribution >= 4 is 0 Å². The molecule has 138 valence electrons. The zero-order chi connectivity index (χ0) is 19.3. The highest BCUT2D eigenvalue weighted by Crippen LogP contribution is 1.95. The number of unbranched alkanes of at least 4 members (excludes halogenated alkanes) is 1. The summed E-state index contributed by atoms with van der Waals surface area (Å²) in [6, 6.07) is 10.0. The number of pyridine rings is 1.